The lowest BCUT2D eigenvalue weighted by atomic mass is 10.1. The molecule has 6 nitrogen and oxygen atoms in total. The molecule has 0 radical (unpaired) electrons. The molecule has 0 bridgehead atoms. The van der Waals surface area contributed by atoms with Gasteiger partial charge in [0.05, 0.1) is 0 Å². The van der Waals surface area contributed by atoms with E-state index in [-0.39, 0.29) is 4.90 Å². The normalized spacial score (nSPS) is 11.7. The van der Waals surface area contributed by atoms with Gasteiger partial charge in [-0.15, -0.1) is 0 Å². The van der Waals surface area contributed by atoms with Gasteiger partial charge in [-0.3, -0.25) is 0 Å². The summed E-state index contributed by atoms with van der Waals surface area (Å²) in [7, 11) is -3.57. The lowest BCUT2D eigenvalue weighted by molar-refractivity contribution is 0.390. The van der Waals surface area contributed by atoms with E-state index in [0.717, 1.165) is 17.7 Å². The SMILES string of the molecule is Cc1noc(C)c1S(=O)(=O)NCCCc1ccc(N)cc1. The molecule has 0 saturated heterocycles. The highest BCUT2D eigenvalue weighted by atomic mass is 32.2. The zero-order valence-corrected chi connectivity index (χ0v) is 12.9. The van der Waals surface area contributed by atoms with Crippen LogP contribution >= 0.6 is 0 Å². The summed E-state index contributed by atoms with van der Waals surface area (Å²) in [6, 6.07) is 7.56. The van der Waals surface area contributed by atoms with Gasteiger partial charge in [-0.05, 0) is 44.4 Å². The summed E-state index contributed by atoms with van der Waals surface area (Å²) < 4.78 is 31.8. The molecule has 114 valence electrons. The molecule has 2 aromatic rings. The fraction of sp³-hybridized carbons (Fsp3) is 0.357. The van der Waals surface area contributed by atoms with E-state index >= 15 is 0 Å². The van der Waals surface area contributed by atoms with Crippen molar-refractivity contribution >= 4 is 15.7 Å². The maximum Gasteiger partial charge on any atom is 0.245 e. The minimum atomic E-state index is -3.57. The van der Waals surface area contributed by atoms with E-state index in [2.05, 4.69) is 9.88 Å². The average Bonchev–Trinajstić information content (AvgIpc) is 2.77. The molecule has 0 saturated carbocycles. The number of hydrogen-bond donors (Lipinski definition) is 2. The van der Waals surface area contributed by atoms with Crippen LogP contribution in [0.4, 0.5) is 5.69 Å². The van der Waals surface area contributed by atoms with Gasteiger partial charge in [0, 0.05) is 12.2 Å². The molecule has 7 heteroatoms. The molecule has 0 aliphatic carbocycles. The molecule has 1 aromatic carbocycles. The van der Waals surface area contributed by atoms with E-state index in [1.54, 1.807) is 13.8 Å². The highest BCUT2D eigenvalue weighted by Gasteiger charge is 2.23. The summed E-state index contributed by atoms with van der Waals surface area (Å²) in [6.07, 6.45) is 1.48. The van der Waals surface area contributed by atoms with Crippen molar-refractivity contribution in [3.05, 3.63) is 41.3 Å². The molecule has 2 rings (SSSR count). The first-order valence-electron chi connectivity index (χ1n) is 6.67. The molecule has 0 aliphatic heterocycles. The van der Waals surface area contributed by atoms with Gasteiger partial charge in [0.15, 0.2) is 5.76 Å². The summed E-state index contributed by atoms with van der Waals surface area (Å²) in [5.41, 5.74) is 7.83. The first kappa shape index (κ1) is 15.5. The van der Waals surface area contributed by atoms with E-state index in [4.69, 9.17) is 10.3 Å². The number of nitrogens with two attached hydrogens (primary N) is 1. The maximum absolute atomic E-state index is 12.2. The number of aryl methyl sites for hydroxylation is 3. The van der Waals surface area contributed by atoms with E-state index in [1.165, 1.54) is 0 Å². The zero-order chi connectivity index (χ0) is 15.5. The number of rotatable bonds is 6. The van der Waals surface area contributed by atoms with Crippen molar-refractivity contribution in [1.82, 2.24) is 9.88 Å². The van der Waals surface area contributed by atoms with E-state index in [0.29, 0.717) is 24.4 Å². The number of nitrogen functional groups attached to an aromatic ring is 1. The number of anilines is 1. The lowest BCUT2D eigenvalue weighted by Crippen LogP contribution is -2.26. The van der Waals surface area contributed by atoms with Crippen molar-refractivity contribution in [2.75, 3.05) is 12.3 Å². The van der Waals surface area contributed by atoms with Crippen molar-refractivity contribution in [3.63, 3.8) is 0 Å². The molecule has 0 amide bonds. The third kappa shape index (κ3) is 3.83. The van der Waals surface area contributed by atoms with Crippen molar-refractivity contribution in [2.24, 2.45) is 0 Å². The van der Waals surface area contributed by atoms with Gasteiger partial charge < -0.3 is 10.3 Å². The van der Waals surface area contributed by atoms with Gasteiger partial charge in [-0.25, -0.2) is 13.1 Å². The molecular weight excluding hydrogens is 290 g/mol. The third-order valence-electron chi connectivity index (χ3n) is 3.15. The van der Waals surface area contributed by atoms with Crippen LogP contribution in [0.1, 0.15) is 23.4 Å². The second-order valence-corrected chi connectivity index (χ2v) is 6.60. The number of aromatic nitrogens is 1. The maximum atomic E-state index is 12.2. The van der Waals surface area contributed by atoms with Gasteiger partial charge in [0.1, 0.15) is 10.6 Å². The fourth-order valence-corrected chi connectivity index (χ4v) is 3.51. The van der Waals surface area contributed by atoms with Crippen LogP contribution in [0.3, 0.4) is 0 Å². The second kappa shape index (κ2) is 6.28. The van der Waals surface area contributed by atoms with Crippen LogP contribution in [0, 0.1) is 13.8 Å². The molecule has 0 aliphatic rings. The van der Waals surface area contributed by atoms with Crippen LogP contribution in [0.25, 0.3) is 0 Å². The predicted molar refractivity (Wildman–Crippen MR) is 80.3 cm³/mol. The minimum Gasteiger partial charge on any atom is -0.399 e. The highest BCUT2D eigenvalue weighted by Crippen LogP contribution is 2.18. The molecule has 0 fully saturated rings. The predicted octanol–water partition coefficient (Wildman–Crippen LogP) is 1.78. The molecule has 0 atom stereocenters. The Kier molecular flexibility index (Phi) is 4.64. The Balaban J connectivity index is 1.90. The first-order valence-corrected chi connectivity index (χ1v) is 8.15. The number of benzene rings is 1. The minimum absolute atomic E-state index is 0.134. The average molecular weight is 309 g/mol. The Morgan fingerprint density at radius 3 is 2.48 bits per heavy atom. The molecule has 0 spiro atoms. The molecule has 1 aromatic heterocycles. The standard InChI is InChI=1S/C14H19N3O3S/c1-10-14(11(2)20-17-10)21(18,19)16-9-3-4-12-5-7-13(15)8-6-12/h5-8,16H,3-4,9,15H2,1-2H3. The summed E-state index contributed by atoms with van der Waals surface area (Å²) >= 11 is 0. The first-order chi connectivity index (χ1) is 9.90. The smallest absolute Gasteiger partial charge is 0.245 e. The Labute approximate surface area is 124 Å². The summed E-state index contributed by atoms with van der Waals surface area (Å²) in [4.78, 5) is 0.134. The topological polar surface area (TPSA) is 98.2 Å². The molecule has 1 heterocycles. The Morgan fingerprint density at radius 1 is 1.24 bits per heavy atom. The van der Waals surface area contributed by atoms with Crippen LogP contribution in [0.15, 0.2) is 33.7 Å². The van der Waals surface area contributed by atoms with E-state index in [1.807, 2.05) is 24.3 Å². The number of nitrogens with zero attached hydrogens (tertiary/aromatic N) is 1. The fourth-order valence-electron chi connectivity index (χ4n) is 2.11. The van der Waals surface area contributed by atoms with E-state index < -0.39 is 10.0 Å². The lowest BCUT2D eigenvalue weighted by Gasteiger charge is -2.06. The molecular formula is C14H19N3O3S. The van der Waals surface area contributed by atoms with Crippen molar-refractivity contribution < 1.29 is 12.9 Å². The number of sulfonamides is 1. The van der Waals surface area contributed by atoms with Gasteiger partial charge in [0.2, 0.25) is 10.0 Å². The van der Waals surface area contributed by atoms with Crippen LogP contribution < -0.4 is 10.5 Å². The van der Waals surface area contributed by atoms with Crippen molar-refractivity contribution in [1.29, 1.82) is 0 Å². The van der Waals surface area contributed by atoms with Gasteiger partial charge >= 0.3 is 0 Å². The van der Waals surface area contributed by atoms with Crippen LogP contribution in [0.2, 0.25) is 0 Å². The van der Waals surface area contributed by atoms with Gasteiger partial charge in [-0.2, -0.15) is 0 Å². The highest BCUT2D eigenvalue weighted by molar-refractivity contribution is 7.89. The zero-order valence-electron chi connectivity index (χ0n) is 12.1. The van der Waals surface area contributed by atoms with Crippen LogP contribution in [0.5, 0.6) is 0 Å². The van der Waals surface area contributed by atoms with E-state index in [9.17, 15) is 8.42 Å². The number of hydrogen-bond acceptors (Lipinski definition) is 5. The molecule has 0 unspecified atom stereocenters. The van der Waals surface area contributed by atoms with Crippen molar-refractivity contribution in [3.8, 4) is 0 Å². The third-order valence-corrected chi connectivity index (χ3v) is 4.86. The van der Waals surface area contributed by atoms with Gasteiger partial charge in [-0.1, -0.05) is 17.3 Å². The summed E-state index contributed by atoms with van der Waals surface area (Å²) in [5, 5.41) is 3.66. The quantitative estimate of drug-likeness (QED) is 0.626. The molecule has 21 heavy (non-hydrogen) atoms. The monoisotopic (exact) mass is 309 g/mol. The van der Waals surface area contributed by atoms with Crippen LogP contribution in [-0.2, 0) is 16.4 Å². The Hall–Kier alpha value is -1.86. The Bertz CT molecular complexity index is 686. The summed E-state index contributed by atoms with van der Waals surface area (Å²) in [6.45, 7) is 3.55. The second-order valence-electron chi connectivity index (χ2n) is 4.90. The number of nitrogens with one attached hydrogen (secondary N) is 1. The van der Waals surface area contributed by atoms with Crippen molar-refractivity contribution in [2.45, 2.75) is 31.6 Å². The van der Waals surface area contributed by atoms with Crippen LogP contribution in [-0.4, -0.2) is 20.1 Å². The Morgan fingerprint density at radius 2 is 1.90 bits per heavy atom. The molecule has 3 N–H and O–H groups in total. The largest absolute Gasteiger partial charge is 0.399 e. The summed E-state index contributed by atoms with van der Waals surface area (Å²) in [5.74, 6) is 0.304. The van der Waals surface area contributed by atoms with Gasteiger partial charge in [0.25, 0.3) is 0 Å².